The Morgan fingerprint density at radius 3 is 2.85 bits per heavy atom. The summed E-state index contributed by atoms with van der Waals surface area (Å²) in [6.07, 6.45) is 1.91. The second-order valence-corrected chi connectivity index (χ2v) is 4.68. The number of benzene rings is 2. The molecule has 0 fully saturated rings. The van der Waals surface area contributed by atoms with Crippen molar-refractivity contribution in [2.45, 2.75) is 6.54 Å². The zero-order valence-corrected chi connectivity index (χ0v) is 10.7. The van der Waals surface area contributed by atoms with Gasteiger partial charge in [0.1, 0.15) is 5.82 Å². The molecule has 1 heterocycles. The minimum absolute atomic E-state index is 0.330. The molecule has 0 radical (unpaired) electrons. The second kappa shape index (κ2) is 4.71. The van der Waals surface area contributed by atoms with Gasteiger partial charge in [0.05, 0.1) is 17.1 Å². The molecular formula is C16H12FN3. The third kappa shape index (κ3) is 2.10. The first-order valence-electron chi connectivity index (χ1n) is 6.20. The van der Waals surface area contributed by atoms with Crippen molar-refractivity contribution in [3.05, 3.63) is 65.6 Å². The fraction of sp³-hybridized carbons (Fsp3) is 0.0625. The fourth-order valence-electron chi connectivity index (χ4n) is 2.39. The van der Waals surface area contributed by atoms with E-state index in [0.717, 1.165) is 22.2 Å². The van der Waals surface area contributed by atoms with Gasteiger partial charge in [-0.25, -0.2) is 4.39 Å². The van der Waals surface area contributed by atoms with E-state index in [2.05, 4.69) is 0 Å². The smallest absolute Gasteiger partial charge is 0.124 e. The molecule has 0 aliphatic carbocycles. The van der Waals surface area contributed by atoms with Gasteiger partial charge in [0, 0.05) is 23.8 Å². The van der Waals surface area contributed by atoms with Gasteiger partial charge in [-0.15, -0.1) is 0 Å². The summed E-state index contributed by atoms with van der Waals surface area (Å²) in [6, 6.07) is 14.0. The Kier molecular flexibility index (Phi) is 2.88. The molecule has 2 aromatic carbocycles. The molecule has 0 amide bonds. The lowest BCUT2D eigenvalue weighted by molar-refractivity contribution is 0.623. The lowest BCUT2D eigenvalue weighted by Gasteiger charge is -2.07. The number of nitrogens with zero attached hydrogens (tertiary/aromatic N) is 2. The van der Waals surface area contributed by atoms with Crippen LogP contribution in [-0.4, -0.2) is 4.57 Å². The number of anilines is 1. The molecule has 0 saturated carbocycles. The highest BCUT2D eigenvalue weighted by atomic mass is 19.1. The van der Waals surface area contributed by atoms with E-state index >= 15 is 0 Å². The molecule has 0 aliphatic rings. The van der Waals surface area contributed by atoms with Crippen molar-refractivity contribution < 1.29 is 4.39 Å². The average Bonchev–Trinajstić information content (AvgIpc) is 2.83. The van der Waals surface area contributed by atoms with Crippen molar-refractivity contribution in [2.75, 3.05) is 5.73 Å². The molecule has 3 rings (SSSR count). The van der Waals surface area contributed by atoms with Crippen molar-refractivity contribution in [3.63, 3.8) is 0 Å². The maximum atomic E-state index is 13.4. The predicted molar refractivity (Wildman–Crippen MR) is 76.6 cm³/mol. The summed E-state index contributed by atoms with van der Waals surface area (Å²) in [4.78, 5) is 0. The number of rotatable bonds is 2. The molecule has 3 nitrogen and oxygen atoms in total. The second-order valence-electron chi connectivity index (χ2n) is 4.68. The third-order valence-electron chi connectivity index (χ3n) is 3.29. The molecule has 0 unspecified atom stereocenters. The largest absolute Gasteiger partial charge is 0.398 e. The number of nitriles is 1. The van der Waals surface area contributed by atoms with E-state index in [9.17, 15) is 4.39 Å². The van der Waals surface area contributed by atoms with Crippen LogP contribution in [0, 0.1) is 17.1 Å². The molecular weight excluding hydrogens is 253 g/mol. The first-order chi connectivity index (χ1) is 9.67. The van der Waals surface area contributed by atoms with Crippen LogP contribution in [0.4, 0.5) is 10.1 Å². The molecule has 0 spiro atoms. The Morgan fingerprint density at radius 1 is 1.20 bits per heavy atom. The predicted octanol–water partition coefficient (Wildman–Crippen LogP) is 3.28. The van der Waals surface area contributed by atoms with Gasteiger partial charge in [-0.2, -0.15) is 5.26 Å². The molecule has 0 saturated heterocycles. The lowest BCUT2D eigenvalue weighted by atomic mass is 10.1. The Bertz CT molecular complexity index is 827. The quantitative estimate of drug-likeness (QED) is 0.723. The fourth-order valence-corrected chi connectivity index (χ4v) is 2.39. The first-order valence-corrected chi connectivity index (χ1v) is 6.20. The Balaban J connectivity index is 2.04. The normalized spacial score (nSPS) is 10.6. The van der Waals surface area contributed by atoms with Crippen LogP contribution in [0.5, 0.6) is 0 Å². The maximum absolute atomic E-state index is 13.4. The standard InChI is InChI=1S/C16H12FN3/c17-13-7-11(9-18)6-12(8-13)10-20-5-4-14-15(19)2-1-3-16(14)20/h1-8H,10,19H2. The Hall–Kier alpha value is -2.80. The van der Waals surface area contributed by atoms with Crippen molar-refractivity contribution in [1.82, 2.24) is 4.57 Å². The summed E-state index contributed by atoms with van der Waals surface area (Å²) in [5, 5.41) is 9.86. The zero-order chi connectivity index (χ0) is 14.1. The number of halogens is 1. The summed E-state index contributed by atoms with van der Waals surface area (Å²) in [7, 11) is 0. The number of fused-ring (bicyclic) bond motifs is 1. The van der Waals surface area contributed by atoms with Crippen molar-refractivity contribution >= 4 is 16.6 Å². The van der Waals surface area contributed by atoms with Crippen LogP contribution in [0.2, 0.25) is 0 Å². The van der Waals surface area contributed by atoms with Crippen LogP contribution >= 0.6 is 0 Å². The van der Waals surface area contributed by atoms with Crippen LogP contribution in [-0.2, 0) is 6.54 Å². The van der Waals surface area contributed by atoms with Crippen molar-refractivity contribution in [1.29, 1.82) is 5.26 Å². The highest BCUT2D eigenvalue weighted by molar-refractivity contribution is 5.91. The summed E-state index contributed by atoms with van der Waals surface area (Å²) in [6.45, 7) is 0.499. The Labute approximate surface area is 115 Å². The van der Waals surface area contributed by atoms with Crippen LogP contribution in [0.25, 0.3) is 10.9 Å². The average molecular weight is 265 g/mol. The van der Waals surface area contributed by atoms with Gasteiger partial charge in [0.2, 0.25) is 0 Å². The van der Waals surface area contributed by atoms with E-state index in [1.165, 1.54) is 12.1 Å². The van der Waals surface area contributed by atoms with Crippen LogP contribution in [0.3, 0.4) is 0 Å². The molecule has 20 heavy (non-hydrogen) atoms. The van der Waals surface area contributed by atoms with Crippen LogP contribution in [0.15, 0.2) is 48.7 Å². The van der Waals surface area contributed by atoms with Gasteiger partial charge in [-0.05, 0) is 42.0 Å². The number of hydrogen-bond acceptors (Lipinski definition) is 2. The topological polar surface area (TPSA) is 54.7 Å². The summed E-state index contributed by atoms with van der Waals surface area (Å²) in [5.74, 6) is -0.393. The molecule has 2 N–H and O–H groups in total. The molecule has 0 bridgehead atoms. The van der Waals surface area contributed by atoms with E-state index in [1.807, 2.05) is 41.1 Å². The van der Waals surface area contributed by atoms with Crippen molar-refractivity contribution in [3.8, 4) is 6.07 Å². The molecule has 98 valence electrons. The number of hydrogen-bond donors (Lipinski definition) is 1. The summed E-state index contributed by atoms with van der Waals surface area (Å²) in [5.41, 5.74) is 8.71. The van der Waals surface area contributed by atoms with Gasteiger partial charge in [0.15, 0.2) is 0 Å². The highest BCUT2D eigenvalue weighted by Gasteiger charge is 2.06. The van der Waals surface area contributed by atoms with E-state index in [-0.39, 0.29) is 0 Å². The highest BCUT2D eigenvalue weighted by Crippen LogP contribution is 2.23. The maximum Gasteiger partial charge on any atom is 0.124 e. The summed E-state index contributed by atoms with van der Waals surface area (Å²) >= 11 is 0. The van der Waals surface area contributed by atoms with Crippen LogP contribution < -0.4 is 5.73 Å². The van der Waals surface area contributed by atoms with E-state index in [1.54, 1.807) is 6.07 Å². The van der Waals surface area contributed by atoms with Gasteiger partial charge in [-0.3, -0.25) is 0 Å². The molecule has 0 atom stereocenters. The van der Waals surface area contributed by atoms with E-state index in [0.29, 0.717) is 12.1 Å². The monoisotopic (exact) mass is 265 g/mol. The Morgan fingerprint density at radius 2 is 2.05 bits per heavy atom. The molecule has 0 aliphatic heterocycles. The van der Waals surface area contributed by atoms with E-state index < -0.39 is 5.82 Å². The minimum Gasteiger partial charge on any atom is -0.398 e. The SMILES string of the molecule is N#Cc1cc(F)cc(Cn2ccc3c(N)cccc32)c1. The molecule has 4 heteroatoms. The summed E-state index contributed by atoms with van der Waals surface area (Å²) < 4.78 is 15.4. The van der Waals surface area contributed by atoms with Gasteiger partial charge in [-0.1, -0.05) is 6.07 Å². The number of aromatic nitrogens is 1. The number of nitrogens with two attached hydrogens (primary N) is 1. The minimum atomic E-state index is -0.393. The molecule has 3 aromatic rings. The van der Waals surface area contributed by atoms with Gasteiger partial charge in [0.25, 0.3) is 0 Å². The first kappa shape index (κ1) is 12.2. The number of nitrogen functional groups attached to an aromatic ring is 1. The van der Waals surface area contributed by atoms with Crippen LogP contribution in [0.1, 0.15) is 11.1 Å². The van der Waals surface area contributed by atoms with Gasteiger partial charge >= 0.3 is 0 Å². The van der Waals surface area contributed by atoms with Gasteiger partial charge < -0.3 is 10.3 Å². The lowest BCUT2D eigenvalue weighted by Crippen LogP contribution is -1.99. The zero-order valence-electron chi connectivity index (χ0n) is 10.7. The van der Waals surface area contributed by atoms with Crippen molar-refractivity contribution in [2.24, 2.45) is 0 Å². The molecule has 1 aromatic heterocycles. The third-order valence-corrected chi connectivity index (χ3v) is 3.29. The van der Waals surface area contributed by atoms with E-state index in [4.69, 9.17) is 11.0 Å².